The van der Waals surface area contributed by atoms with Gasteiger partial charge in [-0.2, -0.15) is 0 Å². The van der Waals surface area contributed by atoms with Gasteiger partial charge in [-0.05, 0) is 37.8 Å². The predicted molar refractivity (Wildman–Crippen MR) is 80.8 cm³/mol. The van der Waals surface area contributed by atoms with Crippen molar-refractivity contribution in [2.75, 3.05) is 24.5 Å². The van der Waals surface area contributed by atoms with Crippen LogP contribution in [-0.4, -0.2) is 29.6 Å². The first-order valence-electron chi connectivity index (χ1n) is 7.00. The van der Waals surface area contributed by atoms with E-state index in [-0.39, 0.29) is 0 Å². The van der Waals surface area contributed by atoms with Gasteiger partial charge in [0.15, 0.2) is 0 Å². The molecule has 0 radical (unpaired) electrons. The van der Waals surface area contributed by atoms with Gasteiger partial charge in [-0.15, -0.1) is 11.3 Å². The monoisotopic (exact) mass is 276 g/mol. The molecule has 0 aromatic carbocycles. The maximum absolute atomic E-state index is 5.76. The van der Waals surface area contributed by atoms with Crippen LogP contribution in [0.5, 0.6) is 0 Å². The number of aromatic nitrogens is 2. The standard InChI is InChI=1S/C14H20N4S/c1-2-11-7-12-13(16-9-17-14(12)19-11)18-5-3-10(8-15)4-6-18/h7,9-10H,2-6,8,15H2,1H3. The Kier molecular flexibility index (Phi) is 3.66. The Labute approximate surface area is 117 Å². The summed E-state index contributed by atoms with van der Waals surface area (Å²) in [5, 5.41) is 1.22. The van der Waals surface area contributed by atoms with Crippen LogP contribution in [0.25, 0.3) is 10.2 Å². The second kappa shape index (κ2) is 5.43. The molecule has 3 rings (SSSR count). The van der Waals surface area contributed by atoms with Crippen molar-refractivity contribution in [2.24, 2.45) is 11.7 Å². The molecule has 0 spiro atoms. The highest BCUT2D eigenvalue weighted by atomic mass is 32.1. The molecule has 1 saturated heterocycles. The lowest BCUT2D eigenvalue weighted by atomic mass is 9.97. The summed E-state index contributed by atoms with van der Waals surface area (Å²) in [6.07, 6.45) is 5.11. The van der Waals surface area contributed by atoms with Crippen molar-refractivity contribution in [3.05, 3.63) is 17.3 Å². The zero-order valence-corrected chi connectivity index (χ0v) is 12.1. The largest absolute Gasteiger partial charge is 0.356 e. The van der Waals surface area contributed by atoms with Gasteiger partial charge in [-0.1, -0.05) is 6.92 Å². The fraction of sp³-hybridized carbons (Fsp3) is 0.571. The second-order valence-corrected chi connectivity index (χ2v) is 6.26. The van der Waals surface area contributed by atoms with Crippen molar-refractivity contribution < 1.29 is 0 Å². The van der Waals surface area contributed by atoms with Crippen molar-refractivity contribution in [2.45, 2.75) is 26.2 Å². The zero-order chi connectivity index (χ0) is 13.2. The summed E-state index contributed by atoms with van der Waals surface area (Å²) < 4.78 is 0. The SMILES string of the molecule is CCc1cc2c(N3CCC(CN)CC3)ncnc2s1. The van der Waals surface area contributed by atoms with Gasteiger partial charge in [0.05, 0.1) is 5.39 Å². The summed E-state index contributed by atoms with van der Waals surface area (Å²) in [5.74, 6) is 1.79. The summed E-state index contributed by atoms with van der Waals surface area (Å²) in [5.41, 5.74) is 5.76. The normalized spacial score (nSPS) is 17.3. The molecular formula is C14H20N4S. The maximum atomic E-state index is 5.76. The third kappa shape index (κ3) is 2.44. The average Bonchev–Trinajstić information content (AvgIpc) is 2.90. The minimum atomic E-state index is 0.683. The van der Waals surface area contributed by atoms with Crippen LogP contribution in [0.4, 0.5) is 5.82 Å². The summed E-state index contributed by atoms with van der Waals surface area (Å²) >= 11 is 1.78. The van der Waals surface area contributed by atoms with Crippen molar-refractivity contribution in [1.82, 2.24) is 9.97 Å². The van der Waals surface area contributed by atoms with E-state index >= 15 is 0 Å². The first-order chi connectivity index (χ1) is 9.31. The van der Waals surface area contributed by atoms with Gasteiger partial charge in [0.1, 0.15) is 17.0 Å². The summed E-state index contributed by atoms with van der Waals surface area (Å²) in [7, 11) is 0. The number of piperidine rings is 1. The van der Waals surface area contributed by atoms with E-state index < -0.39 is 0 Å². The number of nitrogens with two attached hydrogens (primary N) is 1. The molecule has 2 N–H and O–H groups in total. The van der Waals surface area contributed by atoms with E-state index in [0.717, 1.165) is 36.7 Å². The van der Waals surface area contributed by atoms with E-state index in [1.54, 1.807) is 17.7 Å². The fourth-order valence-corrected chi connectivity index (χ4v) is 3.63. The van der Waals surface area contributed by atoms with E-state index in [0.29, 0.717) is 5.92 Å². The number of hydrogen-bond donors (Lipinski definition) is 1. The number of rotatable bonds is 3. The number of aryl methyl sites for hydroxylation is 1. The molecule has 2 aromatic rings. The van der Waals surface area contributed by atoms with Crippen LogP contribution >= 0.6 is 11.3 Å². The van der Waals surface area contributed by atoms with Crippen LogP contribution in [0.1, 0.15) is 24.6 Å². The Morgan fingerprint density at radius 2 is 2.16 bits per heavy atom. The molecule has 0 saturated carbocycles. The summed E-state index contributed by atoms with van der Waals surface area (Å²) in [4.78, 5) is 13.8. The topological polar surface area (TPSA) is 55.0 Å². The molecular weight excluding hydrogens is 256 g/mol. The van der Waals surface area contributed by atoms with Gasteiger partial charge >= 0.3 is 0 Å². The third-order valence-corrected chi connectivity index (χ3v) is 5.14. The molecule has 1 fully saturated rings. The number of anilines is 1. The van der Waals surface area contributed by atoms with Crippen LogP contribution in [0.2, 0.25) is 0 Å². The lowest BCUT2D eigenvalue weighted by Crippen LogP contribution is -2.36. The lowest BCUT2D eigenvalue weighted by Gasteiger charge is -2.32. The Morgan fingerprint density at radius 3 is 2.84 bits per heavy atom. The molecule has 102 valence electrons. The smallest absolute Gasteiger partial charge is 0.140 e. The number of hydrogen-bond acceptors (Lipinski definition) is 5. The predicted octanol–water partition coefficient (Wildman–Crippen LogP) is 2.43. The summed E-state index contributed by atoms with van der Waals surface area (Å²) in [6, 6.07) is 2.25. The highest BCUT2D eigenvalue weighted by Gasteiger charge is 2.21. The van der Waals surface area contributed by atoms with Crippen molar-refractivity contribution in [3.63, 3.8) is 0 Å². The van der Waals surface area contributed by atoms with Crippen molar-refractivity contribution in [1.29, 1.82) is 0 Å². The number of fused-ring (bicyclic) bond motifs is 1. The van der Waals surface area contributed by atoms with E-state index in [9.17, 15) is 0 Å². The average molecular weight is 276 g/mol. The van der Waals surface area contributed by atoms with Crippen LogP contribution in [0.15, 0.2) is 12.4 Å². The molecule has 19 heavy (non-hydrogen) atoms. The molecule has 0 aliphatic carbocycles. The van der Waals surface area contributed by atoms with Gasteiger partial charge in [0.2, 0.25) is 0 Å². The molecule has 0 bridgehead atoms. The Balaban J connectivity index is 1.90. The lowest BCUT2D eigenvalue weighted by molar-refractivity contribution is 0.413. The maximum Gasteiger partial charge on any atom is 0.140 e. The fourth-order valence-electron chi connectivity index (χ4n) is 2.70. The van der Waals surface area contributed by atoms with Crippen molar-refractivity contribution >= 4 is 27.4 Å². The van der Waals surface area contributed by atoms with E-state index in [1.807, 2.05) is 0 Å². The van der Waals surface area contributed by atoms with Crippen LogP contribution in [0, 0.1) is 5.92 Å². The molecule has 0 atom stereocenters. The van der Waals surface area contributed by atoms with Gasteiger partial charge in [0, 0.05) is 18.0 Å². The molecule has 1 aliphatic heterocycles. The van der Waals surface area contributed by atoms with Gasteiger partial charge in [-0.3, -0.25) is 0 Å². The molecule has 1 aliphatic rings. The highest BCUT2D eigenvalue weighted by molar-refractivity contribution is 7.18. The van der Waals surface area contributed by atoms with E-state index in [4.69, 9.17) is 5.73 Å². The zero-order valence-electron chi connectivity index (χ0n) is 11.3. The van der Waals surface area contributed by atoms with Gasteiger partial charge in [-0.25, -0.2) is 9.97 Å². The van der Waals surface area contributed by atoms with Crippen LogP contribution in [-0.2, 0) is 6.42 Å². The number of thiophene rings is 1. The molecule has 0 amide bonds. The van der Waals surface area contributed by atoms with E-state index in [1.165, 1.54) is 23.1 Å². The Bertz CT molecular complexity index is 558. The quantitative estimate of drug-likeness (QED) is 0.935. The molecule has 4 nitrogen and oxygen atoms in total. The molecule has 5 heteroatoms. The first-order valence-corrected chi connectivity index (χ1v) is 7.82. The molecule has 2 aromatic heterocycles. The minimum Gasteiger partial charge on any atom is -0.356 e. The third-order valence-electron chi connectivity index (χ3n) is 3.96. The minimum absolute atomic E-state index is 0.683. The highest BCUT2D eigenvalue weighted by Crippen LogP contribution is 2.32. The van der Waals surface area contributed by atoms with E-state index in [2.05, 4.69) is 27.9 Å². The molecule has 0 unspecified atom stereocenters. The Hall–Kier alpha value is -1.20. The summed E-state index contributed by atoms with van der Waals surface area (Å²) in [6.45, 7) is 5.12. The van der Waals surface area contributed by atoms with Crippen molar-refractivity contribution in [3.8, 4) is 0 Å². The molecule has 3 heterocycles. The van der Waals surface area contributed by atoms with Gasteiger partial charge in [0.25, 0.3) is 0 Å². The first kappa shape index (κ1) is 12.8. The van der Waals surface area contributed by atoms with Crippen LogP contribution in [0.3, 0.4) is 0 Å². The Morgan fingerprint density at radius 1 is 1.37 bits per heavy atom. The number of nitrogens with zero attached hydrogens (tertiary/aromatic N) is 3. The van der Waals surface area contributed by atoms with Crippen LogP contribution < -0.4 is 10.6 Å². The van der Waals surface area contributed by atoms with Gasteiger partial charge < -0.3 is 10.6 Å². The second-order valence-electron chi connectivity index (χ2n) is 5.15.